The van der Waals surface area contributed by atoms with Crippen LogP contribution < -0.4 is 10.1 Å². The maximum absolute atomic E-state index is 12.2. The van der Waals surface area contributed by atoms with Crippen molar-refractivity contribution in [1.29, 1.82) is 0 Å². The molecule has 0 aliphatic carbocycles. The molecule has 2 aromatic carbocycles. The van der Waals surface area contributed by atoms with Gasteiger partial charge in [0.1, 0.15) is 5.75 Å². The molecular weight excluding hydrogens is 318 g/mol. The number of methoxy groups -OCH3 is 1. The molecule has 2 aromatic rings. The van der Waals surface area contributed by atoms with E-state index in [0.717, 1.165) is 18.6 Å². The van der Waals surface area contributed by atoms with Crippen LogP contribution in [-0.2, 0) is 17.6 Å². The first kappa shape index (κ1) is 18.5. The van der Waals surface area contributed by atoms with E-state index in [1.807, 2.05) is 31.2 Å². The predicted molar refractivity (Wildman–Crippen MR) is 96.0 cm³/mol. The smallest absolute Gasteiger partial charge is 0.335 e. The lowest BCUT2D eigenvalue weighted by atomic mass is 10.0. The third-order valence-electron chi connectivity index (χ3n) is 4.03. The molecular formula is C20H23NO4. The Bertz CT molecular complexity index is 725. The SMILES string of the molecule is COc1ccc(CCC(C)NC(=O)Cc2ccccc2C(=O)O)cc1. The van der Waals surface area contributed by atoms with Crippen molar-refractivity contribution < 1.29 is 19.4 Å². The molecule has 0 saturated carbocycles. The summed E-state index contributed by atoms with van der Waals surface area (Å²) >= 11 is 0. The van der Waals surface area contributed by atoms with Crippen LogP contribution >= 0.6 is 0 Å². The summed E-state index contributed by atoms with van der Waals surface area (Å²) in [6.07, 6.45) is 1.71. The average molecular weight is 341 g/mol. The largest absolute Gasteiger partial charge is 0.497 e. The Balaban J connectivity index is 1.84. The van der Waals surface area contributed by atoms with E-state index in [-0.39, 0.29) is 23.9 Å². The Kier molecular flexibility index (Phi) is 6.57. The van der Waals surface area contributed by atoms with Crippen LogP contribution in [0, 0.1) is 0 Å². The number of carbonyl (C=O) groups excluding carboxylic acids is 1. The highest BCUT2D eigenvalue weighted by atomic mass is 16.5. The van der Waals surface area contributed by atoms with Gasteiger partial charge in [0, 0.05) is 6.04 Å². The first-order valence-corrected chi connectivity index (χ1v) is 8.23. The standard InChI is InChI=1S/C20H23NO4/c1-14(7-8-15-9-11-17(25-2)12-10-15)21-19(22)13-16-5-3-4-6-18(16)20(23)24/h3-6,9-12,14H,7-8,13H2,1-2H3,(H,21,22)(H,23,24). The number of aryl methyl sites for hydroxylation is 1. The fourth-order valence-electron chi connectivity index (χ4n) is 2.63. The Hall–Kier alpha value is -2.82. The number of hydrogen-bond acceptors (Lipinski definition) is 3. The average Bonchev–Trinajstić information content (AvgIpc) is 2.60. The fraction of sp³-hybridized carbons (Fsp3) is 0.300. The molecule has 0 spiro atoms. The van der Waals surface area contributed by atoms with Gasteiger partial charge in [0.25, 0.3) is 0 Å². The molecule has 0 radical (unpaired) electrons. The molecule has 5 heteroatoms. The zero-order chi connectivity index (χ0) is 18.2. The summed E-state index contributed by atoms with van der Waals surface area (Å²) < 4.78 is 5.13. The van der Waals surface area contributed by atoms with Crippen molar-refractivity contribution in [2.45, 2.75) is 32.2 Å². The van der Waals surface area contributed by atoms with Gasteiger partial charge < -0.3 is 15.2 Å². The molecule has 0 saturated heterocycles. The Morgan fingerprint density at radius 2 is 1.80 bits per heavy atom. The molecule has 0 aliphatic heterocycles. The van der Waals surface area contributed by atoms with Crippen LogP contribution in [0.5, 0.6) is 5.75 Å². The van der Waals surface area contributed by atoms with E-state index in [1.165, 1.54) is 11.6 Å². The van der Waals surface area contributed by atoms with Gasteiger partial charge >= 0.3 is 5.97 Å². The van der Waals surface area contributed by atoms with Crippen LogP contribution in [0.3, 0.4) is 0 Å². The van der Waals surface area contributed by atoms with Gasteiger partial charge in [0.15, 0.2) is 0 Å². The second-order valence-electron chi connectivity index (χ2n) is 5.99. The number of carboxylic acids is 1. The van der Waals surface area contributed by atoms with Gasteiger partial charge in [-0.3, -0.25) is 4.79 Å². The number of rotatable bonds is 8. The number of hydrogen-bond donors (Lipinski definition) is 2. The van der Waals surface area contributed by atoms with Gasteiger partial charge in [-0.2, -0.15) is 0 Å². The van der Waals surface area contributed by atoms with Crippen LogP contribution in [0.1, 0.15) is 34.8 Å². The van der Waals surface area contributed by atoms with Crippen molar-refractivity contribution in [1.82, 2.24) is 5.32 Å². The lowest BCUT2D eigenvalue weighted by molar-refractivity contribution is -0.121. The van der Waals surface area contributed by atoms with E-state index in [9.17, 15) is 9.59 Å². The molecule has 5 nitrogen and oxygen atoms in total. The highest BCUT2D eigenvalue weighted by Gasteiger charge is 2.14. The third kappa shape index (κ3) is 5.64. The maximum atomic E-state index is 12.2. The second-order valence-corrected chi connectivity index (χ2v) is 5.99. The summed E-state index contributed by atoms with van der Waals surface area (Å²) in [6, 6.07) is 14.4. The Morgan fingerprint density at radius 3 is 2.44 bits per heavy atom. The van der Waals surface area contributed by atoms with E-state index in [2.05, 4.69) is 5.32 Å². The molecule has 0 aromatic heterocycles. The molecule has 0 bridgehead atoms. The van der Waals surface area contributed by atoms with Crippen LogP contribution in [0.25, 0.3) is 0 Å². The van der Waals surface area contributed by atoms with Gasteiger partial charge in [0.2, 0.25) is 5.91 Å². The minimum absolute atomic E-state index is 0.00610. The first-order chi connectivity index (χ1) is 12.0. The number of nitrogens with one attached hydrogen (secondary N) is 1. The summed E-state index contributed by atoms with van der Waals surface area (Å²) in [6.45, 7) is 1.95. The highest BCUT2D eigenvalue weighted by Crippen LogP contribution is 2.13. The summed E-state index contributed by atoms with van der Waals surface area (Å²) in [5, 5.41) is 12.1. The van der Waals surface area contributed by atoms with Crippen molar-refractivity contribution in [3.8, 4) is 5.75 Å². The molecule has 1 unspecified atom stereocenters. The Morgan fingerprint density at radius 1 is 1.12 bits per heavy atom. The van der Waals surface area contributed by atoms with Gasteiger partial charge in [0.05, 0.1) is 19.1 Å². The predicted octanol–water partition coefficient (Wildman–Crippen LogP) is 3.07. The highest BCUT2D eigenvalue weighted by molar-refractivity contribution is 5.91. The number of aromatic carboxylic acids is 1. The lowest BCUT2D eigenvalue weighted by Crippen LogP contribution is -2.34. The summed E-state index contributed by atoms with van der Waals surface area (Å²) in [5.41, 5.74) is 1.87. The zero-order valence-corrected chi connectivity index (χ0v) is 14.5. The van der Waals surface area contributed by atoms with E-state index >= 15 is 0 Å². The number of amides is 1. The first-order valence-electron chi connectivity index (χ1n) is 8.23. The number of carbonyl (C=O) groups is 2. The van der Waals surface area contributed by atoms with E-state index in [4.69, 9.17) is 9.84 Å². The summed E-state index contributed by atoms with van der Waals surface area (Å²) in [4.78, 5) is 23.4. The van der Waals surface area contributed by atoms with Crippen LogP contribution in [0.15, 0.2) is 48.5 Å². The third-order valence-corrected chi connectivity index (χ3v) is 4.03. The van der Waals surface area contributed by atoms with Gasteiger partial charge in [-0.15, -0.1) is 0 Å². The zero-order valence-electron chi connectivity index (χ0n) is 14.5. The quantitative estimate of drug-likeness (QED) is 0.774. The van der Waals surface area contributed by atoms with Gasteiger partial charge in [-0.1, -0.05) is 30.3 Å². The van der Waals surface area contributed by atoms with Gasteiger partial charge in [-0.05, 0) is 49.1 Å². The minimum atomic E-state index is -1.02. The molecule has 1 atom stereocenters. The molecule has 0 fully saturated rings. The van der Waals surface area contributed by atoms with Crippen molar-refractivity contribution in [3.05, 3.63) is 65.2 Å². The monoisotopic (exact) mass is 341 g/mol. The van der Waals surface area contributed by atoms with Crippen molar-refractivity contribution >= 4 is 11.9 Å². The summed E-state index contributed by atoms with van der Waals surface area (Å²) in [7, 11) is 1.63. The normalized spacial score (nSPS) is 11.6. The molecule has 132 valence electrons. The molecule has 2 N–H and O–H groups in total. The van der Waals surface area contributed by atoms with Gasteiger partial charge in [-0.25, -0.2) is 4.79 Å². The van der Waals surface area contributed by atoms with Crippen molar-refractivity contribution in [3.63, 3.8) is 0 Å². The second kappa shape index (κ2) is 8.87. The lowest BCUT2D eigenvalue weighted by Gasteiger charge is -2.14. The number of benzene rings is 2. The molecule has 25 heavy (non-hydrogen) atoms. The fourth-order valence-corrected chi connectivity index (χ4v) is 2.63. The van der Waals surface area contributed by atoms with Crippen molar-refractivity contribution in [2.75, 3.05) is 7.11 Å². The topological polar surface area (TPSA) is 75.6 Å². The van der Waals surface area contributed by atoms with Crippen LogP contribution in [0.4, 0.5) is 0 Å². The maximum Gasteiger partial charge on any atom is 0.335 e. The number of carboxylic acid groups (broad SMARTS) is 1. The molecule has 1 amide bonds. The van der Waals surface area contributed by atoms with E-state index in [1.54, 1.807) is 25.3 Å². The Labute approximate surface area is 147 Å². The van der Waals surface area contributed by atoms with E-state index < -0.39 is 5.97 Å². The molecule has 0 heterocycles. The van der Waals surface area contributed by atoms with Crippen LogP contribution in [-0.4, -0.2) is 30.1 Å². The van der Waals surface area contributed by atoms with E-state index in [0.29, 0.717) is 5.56 Å². The molecule has 2 rings (SSSR count). The molecule has 0 aliphatic rings. The van der Waals surface area contributed by atoms with Crippen molar-refractivity contribution in [2.24, 2.45) is 0 Å². The van der Waals surface area contributed by atoms with Crippen LogP contribution in [0.2, 0.25) is 0 Å². The minimum Gasteiger partial charge on any atom is -0.497 e. The summed E-state index contributed by atoms with van der Waals surface area (Å²) in [5.74, 6) is -0.367. The number of ether oxygens (including phenoxy) is 1.